The molecule has 1 heterocycles. The zero-order valence-electron chi connectivity index (χ0n) is 15.8. The molecule has 1 fully saturated rings. The highest BCUT2D eigenvalue weighted by atomic mass is 31.2. The Morgan fingerprint density at radius 2 is 2.00 bits per heavy atom. The molecule has 1 saturated heterocycles. The summed E-state index contributed by atoms with van der Waals surface area (Å²) in [5.41, 5.74) is 0.851. The molecule has 1 unspecified atom stereocenters. The van der Waals surface area contributed by atoms with Gasteiger partial charge >= 0.3 is 13.7 Å². The Bertz CT molecular complexity index is 599. The van der Waals surface area contributed by atoms with Crippen LogP contribution in [0.2, 0.25) is 0 Å². The first-order valence-electron chi connectivity index (χ1n) is 8.99. The van der Waals surface area contributed by atoms with Crippen LogP contribution in [-0.2, 0) is 34.4 Å². The molecule has 0 bridgehead atoms. The maximum atomic E-state index is 12.7. The van der Waals surface area contributed by atoms with Crippen molar-refractivity contribution in [3.8, 4) is 0 Å². The van der Waals surface area contributed by atoms with Crippen LogP contribution >= 0.6 is 7.60 Å². The van der Waals surface area contributed by atoms with Crippen molar-refractivity contribution < 1.29 is 32.6 Å². The van der Waals surface area contributed by atoms with E-state index in [1.54, 1.807) is 0 Å². The van der Waals surface area contributed by atoms with E-state index in [0.717, 1.165) is 24.8 Å². The van der Waals surface area contributed by atoms with Gasteiger partial charge in [-0.15, -0.1) is 0 Å². The first-order valence-corrected chi connectivity index (χ1v) is 10.6. The van der Waals surface area contributed by atoms with Crippen LogP contribution in [0, 0.1) is 0 Å². The van der Waals surface area contributed by atoms with Crippen LogP contribution in [0.15, 0.2) is 30.3 Å². The summed E-state index contributed by atoms with van der Waals surface area (Å²) in [5, 5.41) is 2.57. The zero-order chi connectivity index (χ0) is 19.5. The number of rotatable bonds is 10. The van der Waals surface area contributed by atoms with E-state index in [-0.39, 0.29) is 25.9 Å². The number of ether oxygens (including phenoxy) is 3. The first-order chi connectivity index (χ1) is 13.1. The molecule has 8 nitrogen and oxygen atoms in total. The van der Waals surface area contributed by atoms with E-state index in [0.29, 0.717) is 6.61 Å². The number of carbonyl (C=O) groups is 1. The Morgan fingerprint density at radius 1 is 1.26 bits per heavy atom. The van der Waals surface area contributed by atoms with Crippen molar-refractivity contribution in [1.82, 2.24) is 5.32 Å². The largest absolute Gasteiger partial charge is 0.445 e. The Kier molecular flexibility index (Phi) is 9.24. The van der Waals surface area contributed by atoms with Crippen LogP contribution in [0.5, 0.6) is 0 Å². The van der Waals surface area contributed by atoms with Gasteiger partial charge in [0.15, 0.2) is 6.29 Å². The van der Waals surface area contributed by atoms with Crippen LogP contribution < -0.4 is 5.32 Å². The number of amides is 1. The molecule has 1 aliphatic rings. The third-order valence-electron chi connectivity index (χ3n) is 4.22. The van der Waals surface area contributed by atoms with Gasteiger partial charge in [-0.1, -0.05) is 30.3 Å². The van der Waals surface area contributed by atoms with Gasteiger partial charge < -0.3 is 28.6 Å². The smallest absolute Gasteiger partial charge is 0.408 e. The molecule has 0 spiro atoms. The monoisotopic (exact) mass is 401 g/mol. The Hall–Kier alpha value is -1.44. The lowest BCUT2D eigenvalue weighted by atomic mass is 10.2. The van der Waals surface area contributed by atoms with Gasteiger partial charge in [0, 0.05) is 27.2 Å². The van der Waals surface area contributed by atoms with Crippen molar-refractivity contribution in [3.63, 3.8) is 0 Å². The van der Waals surface area contributed by atoms with Crippen molar-refractivity contribution in [2.45, 2.75) is 44.4 Å². The molecule has 0 aliphatic carbocycles. The van der Waals surface area contributed by atoms with Crippen molar-refractivity contribution in [2.24, 2.45) is 0 Å². The third-order valence-corrected chi connectivity index (χ3v) is 6.39. The van der Waals surface area contributed by atoms with E-state index >= 15 is 0 Å². The molecule has 2 rings (SSSR count). The van der Waals surface area contributed by atoms with Gasteiger partial charge in [0.1, 0.15) is 12.4 Å². The predicted molar refractivity (Wildman–Crippen MR) is 99.3 cm³/mol. The summed E-state index contributed by atoms with van der Waals surface area (Å²) < 4.78 is 39.2. The summed E-state index contributed by atoms with van der Waals surface area (Å²) in [6.45, 7) is 1.02. The molecule has 1 aromatic carbocycles. The van der Waals surface area contributed by atoms with E-state index in [2.05, 4.69) is 5.32 Å². The number of nitrogens with one attached hydrogen (secondary N) is 1. The number of benzene rings is 1. The van der Waals surface area contributed by atoms with E-state index in [1.165, 1.54) is 14.2 Å². The van der Waals surface area contributed by atoms with E-state index < -0.39 is 19.5 Å². The van der Waals surface area contributed by atoms with Crippen LogP contribution in [0.25, 0.3) is 0 Å². The van der Waals surface area contributed by atoms with Crippen molar-refractivity contribution in [2.75, 3.05) is 27.4 Å². The van der Waals surface area contributed by atoms with Gasteiger partial charge in [0.25, 0.3) is 0 Å². The van der Waals surface area contributed by atoms with Gasteiger partial charge in [-0.2, -0.15) is 0 Å². The SMILES string of the molecule is COP(=O)(OC)[C@@H](CCOC1CCCCO1)NC(=O)OCc1ccccc1. The molecule has 1 aliphatic heterocycles. The predicted octanol–water partition coefficient (Wildman–Crippen LogP) is 3.66. The minimum absolute atomic E-state index is 0.107. The number of hydrogen-bond acceptors (Lipinski definition) is 7. The van der Waals surface area contributed by atoms with Gasteiger partial charge in [-0.05, 0) is 24.8 Å². The lowest BCUT2D eigenvalue weighted by Gasteiger charge is -2.27. The van der Waals surface area contributed by atoms with Gasteiger partial charge in [-0.25, -0.2) is 4.79 Å². The zero-order valence-corrected chi connectivity index (χ0v) is 16.7. The minimum atomic E-state index is -3.54. The molecule has 27 heavy (non-hydrogen) atoms. The fourth-order valence-electron chi connectivity index (χ4n) is 2.69. The van der Waals surface area contributed by atoms with Crippen LogP contribution in [0.3, 0.4) is 0 Å². The fraction of sp³-hybridized carbons (Fsp3) is 0.611. The average Bonchev–Trinajstić information content (AvgIpc) is 2.72. The number of alkyl carbamates (subject to hydrolysis) is 1. The standard InChI is InChI=1S/C18H28NO7P/c1-22-27(21,23-2)16(11-13-25-17-10-6-7-12-24-17)19-18(20)26-14-15-8-4-3-5-9-15/h3-5,8-9,16-17H,6-7,10-14H2,1-2H3,(H,19,20)/t16-,17?/m0/s1. The molecule has 1 amide bonds. The molecule has 0 saturated carbocycles. The van der Waals surface area contributed by atoms with Crippen molar-refractivity contribution in [3.05, 3.63) is 35.9 Å². The third kappa shape index (κ3) is 7.24. The normalized spacial score (nSPS) is 18.7. The van der Waals surface area contributed by atoms with Gasteiger partial charge in [0.05, 0.1) is 6.61 Å². The number of hydrogen-bond donors (Lipinski definition) is 1. The number of carbonyl (C=O) groups excluding carboxylic acids is 1. The molecular formula is C18H28NO7P. The first kappa shape index (κ1) is 21.9. The lowest BCUT2D eigenvalue weighted by Crippen LogP contribution is -2.37. The van der Waals surface area contributed by atoms with Gasteiger partial charge in [0.2, 0.25) is 0 Å². The maximum absolute atomic E-state index is 12.7. The summed E-state index contributed by atoms with van der Waals surface area (Å²) in [4.78, 5) is 12.1. The Balaban J connectivity index is 1.86. The summed E-state index contributed by atoms with van der Waals surface area (Å²) in [6, 6.07) is 9.28. The quantitative estimate of drug-likeness (QED) is 0.598. The Labute approximate surface area is 160 Å². The molecule has 9 heteroatoms. The van der Waals surface area contributed by atoms with Crippen molar-refractivity contribution in [1.29, 1.82) is 0 Å². The van der Waals surface area contributed by atoms with Crippen LogP contribution in [0.4, 0.5) is 4.79 Å². The minimum Gasteiger partial charge on any atom is -0.445 e. The summed E-state index contributed by atoms with van der Waals surface area (Å²) in [7, 11) is -0.989. The second kappa shape index (κ2) is 11.4. The molecule has 0 radical (unpaired) electrons. The maximum Gasteiger partial charge on any atom is 0.408 e. The second-order valence-electron chi connectivity index (χ2n) is 6.08. The summed E-state index contributed by atoms with van der Waals surface area (Å²) >= 11 is 0. The van der Waals surface area contributed by atoms with E-state index in [4.69, 9.17) is 23.3 Å². The summed E-state index contributed by atoms with van der Waals surface area (Å²) in [5.74, 6) is -0.889. The summed E-state index contributed by atoms with van der Waals surface area (Å²) in [6.07, 6.45) is 2.16. The molecule has 0 aromatic heterocycles. The van der Waals surface area contributed by atoms with E-state index in [1.807, 2.05) is 30.3 Å². The molecular weight excluding hydrogens is 373 g/mol. The average molecular weight is 401 g/mol. The van der Waals surface area contributed by atoms with Crippen LogP contribution in [-0.4, -0.2) is 45.6 Å². The topological polar surface area (TPSA) is 92.3 Å². The molecule has 152 valence electrons. The highest BCUT2D eigenvalue weighted by Crippen LogP contribution is 2.51. The lowest BCUT2D eigenvalue weighted by molar-refractivity contribution is -0.162. The highest BCUT2D eigenvalue weighted by Gasteiger charge is 2.35. The Morgan fingerprint density at radius 3 is 2.63 bits per heavy atom. The second-order valence-corrected chi connectivity index (χ2v) is 8.52. The molecule has 1 N–H and O–H groups in total. The molecule has 2 atom stereocenters. The molecule has 1 aromatic rings. The fourth-order valence-corrected chi connectivity index (χ4v) is 4.04. The van der Waals surface area contributed by atoms with E-state index in [9.17, 15) is 9.36 Å². The van der Waals surface area contributed by atoms with Gasteiger partial charge in [-0.3, -0.25) is 4.57 Å². The highest BCUT2D eigenvalue weighted by molar-refractivity contribution is 7.54. The van der Waals surface area contributed by atoms with Crippen molar-refractivity contribution >= 4 is 13.7 Å². The van der Waals surface area contributed by atoms with Crippen LogP contribution in [0.1, 0.15) is 31.2 Å².